The van der Waals surface area contributed by atoms with E-state index in [2.05, 4.69) is 0 Å². The quantitative estimate of drug-likeness (QED) is 0.474. The lowest BCUT2D eigenvalue weighted by atomic mass is 10.3. The molecule has 0 heterocycles. The smallest absolute Gasteiger partial charge is 0.330 e. The molecule has 0 aliphatic rings. The van der Waals surface area contributed by atoms with Crippen LogP contribution < -0.4 is 5.73 Å². The lowest BCUT2D eigenvalue weighted by Crippen LogP contribution is -2.00. The van der Waals surface area contributed by atoms with Crippen molar-refractivity contribution in [1.82, 2.24) is 0 Å². The van der Waals surface area contributed by atoms with E-state index >= 15 is 0 Å². The molecule has 2 N–H and O–H groups in total. The summed E-state index contributed by atoms with van der Waals surface area (Å²) in [5.74, 6) is 0. The van der Waals surface area contributed by atoms with E-state index in [-0.39, 0.29) is 0 Å². The zero-order chi connectivity index (χ0) is 8.53. The van der Waals surface area contributed by atoms with Crippen molar-refractivity contribution in [2.45, 2.75) is 12.8 Å². The van der Waals surface area contributed by atoms with Gasteiger partial charge in [0, 0.05) is 14.2 Å². The molecule has 0 aromatic carbocycles. The lowest BCUT2D eigenvalue weighted by molar-refractivity contribution is 0.203. The number of hydrogen-bond acceptors (Lipinski definition) is 4. The monoisotopic (exact) mass is 181 g/mol. The number of unbranched alkanes of at least 4 members (excludes halogenated alkanes) is 1. The highest BCUT2D eigenvalue weighted by Gasteiger charge is 2.05. The number of rotatable bonds is 7. The first-order valence-corrected chi connectivity index (χ1v) is 4.66. The Labute approximate surface area is 69.0 Å². The van der Waals surface area contributed by atoms with Crippen LogP contribution in [-0.4, -0.2) is 27.4 Å². The maximum Gasteiger partial charge on any atom is 0.332 e. The van der Waals surface area contributed by atoms with Gasteiger partial charge in [0.15, 0.2) is 0 Å². The predicted molar refractivity (Wildman–Crippen MR) is 45.2 cm³/mol. The van der Waals surface area contributed by atoms with Crippen molar-refractivity contribution in [2.75, 3.05) is 27.4 Å². The summed E-state index contributed by atoms with van der Waals surface area (Å²) in [5.41, 5.74) is 5.30. The van der Waals surface area contributed by atoms with E-state index in [1.165, 1.54) is 0 Å². The van der Waals surface area contributed by atoms with E-state index in [4.69, 9.17) is 19.3 Å². The van der Waals surface area contributed by atoms with Crippen molar-refractivity contribution in [1.29, 1.82) is 0 Å². The van der Waals surface area contributed by atoms with Crippen molar-refractivity contribution in [2.24, 2.45) is 5.73 Å². The molecular weight excluding hydrogens is 165 g/mol. The highest BCUT2D eigenvalue weighted by molar-refractivity contribution is 7.41. The molecule has 0 bridgehead atoms. The molecule has 0 saturated carbocycles. The van der Waals surface area contributed by atoms with Crippen LogP contribution in [0.4, 0.5) is 0 Å². The first kappa shape index (κ1) is 11.3. The van der Waals surface area contributed by atoms with E-state index in [1.54, 1.807) is 14.2 Å². The van der Waals surface area contributed by atoms with Crippen molar-refractivity contribution in [3.8, 4) is 0 Å². The molecule has 0 saturated heterocycles. The van der Waals surface area contributed by atoms with Gasteiger partial charge in [-0.05, 0) is 19.4 Å². The summed E-state index contributed by atoms with van der Waals surface area (Å²) < 4.78 is 14.9. The SMILES string of the molecule is COP(OC)OCCCCN. The van der Waals surface area contributed by atoms with Gasteiger partial charge in [-0.15, -0.1) is 0 Å². The van der Waals surface area contributed by atoms with Crippen LogP contribution in [0.5, 0.6) is 0 Å². The second kappa shape index (κ2) is 8.37. The molecule has 0 atom stereocenters. The van der Waals surface area contributed by atoms with Gasteiger partial charge < -0.3 is 19.3 Å². The first-order valence-electron chi connectivity index (χ1n) is 3.56. The third-order valence-corrected chi connectivity index (χ3v) is 2.08. The third-order valence-electron chi connectivity index (χ3n) is 1.09. The third kappa shape index (κ3) is 6.66. The van der Waals surface area contributed by atoms with Gasteiger partial charge in [-0.1, -0.05) is 0 Å². The average molecular weight is 181 g/mol. The largest absolute Gasteiger partial charge is 0.332 e. The molecule has 0 amide bonds. The van der Waals surface area contributed by atoms with Crippen molar-refractivity contribution in [3.05, 3.63) is 0 Å². The summed E-state index contributed by atoms with van der Waals surface area (Å²) in [6.07, 6.45) is 1.94. The Morgan fingerprint density at radius 2 is 1.82 bits per heavy atom. The predicted octanol–water partition coefficient (Wildman–Crippen LogP) is 1.26. The summed E-state index contributed by atoms with van der Waals surface area (Å²) in [7, 11) is 2.02. The van der Waals surface area contributed by atoms with Crippen molar-refractivity contribution < 1.29 is 13.6 Å². The van der Waals surface area contributed by atoms with Crippen LogP contribution in [0.25, 0.3) is 0 Å². The molecule has 0 rings (SSSR count). The molecular formula is C6H16NO3P. The Balaban J connectivity index is 3.07. The molecule has 68 valence electrons. The van der Waals surface area contributed by atoms with E-state index in [0.29, 0.717) is 13.2 Å². The van der Waals surface area contributed by atoms with Gasteiger partial charge in [-0.25, -0.2) is 0 Å². The van der Waals surface area contributed by atoms with Gasteiger partial charge in [0.25, 0.3) is 0 Å². The van der Waals surface area contributed by atoms with E-state index in [9.17, 15) is 0 Å². The Bertz CT molecular complexity index is 80.2. The average Bonchev–Trinajstić information content (AvgIpc) is 2.05. The topological polar surface area (TPSA) is 53.7 Å². The van der Waals surface area contributed by atoms with Gasteiger partial charge in [-0.2, -0.15) is 0 Å². The summed E-state index contributed by atoms with van der Waals surface area (Å²) in [6, 6.07) is 0. The van der Waals surface area contributed by atoms with Crippen LogP contribution in [0.1, 0.15) is 12.8 Å². The van der Waals surface area contributed by atoms with Gasteiger partial charge in [0.05, 0.1) is 6.61 Å². The van der Waals surface area contributed by atoms with Crippen LogP contribution in [0.3, 0.4) is 0 Å². The summed E-state index contributed by atoms with van der Waals surface area (Å²) in [4.78, 5) is 0. The normalized spacial score (nSPS) is 10.9. The Hall–Kier alpha value is 0.270. The highest BCUT2D eigenvalue weighted by Crippen LogP contribution is 2.37. The van der Waals surface area contributed by atoms with E-state index in [0.717, 1.165) is 12.8 Å². The van der Waals surface area contributed by atoms with Gasteiger partial charge >= 0.3 is 8.60 Å². The Morgan fingerprint density at radius 1 is 1.18 bits per heavy atom. The van der Waals surface area contributed by atoms with Gasteiger partial charge in [-0.3, -0.25) is 0 Å². The van der Waals surface area contributed by atoms with Crippen molar-refractivity contribution in [3.63, 3.8) is 0 Å². The lowest BCUT2D eigenvalue weighted by Gasteiger charge is -2.10. The number of hydrogen-bond donors (Lipinski definition) is 1. The maximum absolute atomic E-state index is 5.30. The molecule has 0 aromatic rings. The fourth-order valence-electron chi connectivity index (χ4n) is 0.565. The molecule has 0 fully saturated rings. The van der Waals surface area contributed by atoms with E-state index in [1.807, 2.05) is 0 Å². The second-order valence-corrected chi connectivity index (χ2v) is 3.35. The maximum atomic E-state index is 5.30. The van der Waals surface area contributed by atoms with Crippen LogP contribution >= 0.6 is 8.60 Å². The summed E-state index contributed by atoms with van der Waals surface area (Å²) in [5, 5.41) is 0. The molecule has 0 aliphatic carbocycles. The molecule has 4 nitrogen and oxygen atoms in total. The fourth-order valence-corrected chi connectivity index (χ4v) is 1.20. The Morgan fingerprint density at radius 3 is 2.27 bits per heavy atom. The minimum Gasteiger partial charge on any atom is -0.330 e. The van der Waals surface area contributed by atoms with Gasteiger partial charge in [0.1, 0.15) is 0 Å². The summed E-state index contributed by atoms with van der Waals surface area (Å²) in [6.45, 7) is 1.37. The minimum atomic E-state index is -1.11. The molecule has 0 aliphatic heterocycles. The summed E-state index contributed by atoms with van der Waals surface area (Å²) >= 11 is 0. The molecule has 0 spiro atoms. The second-order valence-electron chi connectivity index (χ2n) is 1.92. The van der Waals surface area contributed by atoms with E-state index < -0.39 is 8.60 Å². The first-order chi connectivity index (χ1) is 5.35. The Kier molecular flexibility index (Phi) is 8.57. The van der Waals surface area contributed by atoms with Crippen molar-refractivity contribution >= 4 is 8.60 Å². The molecule has 0 aromatic heterocycles. The minimum absolute atomic E-state index is 0.657. The number of nitrogens with two attached hydrogens (primary N) is 1. The standard InChI is InChI=1S/C6H16NO3P/c1-8-11(9-2)10-6-4-3-5-7/h3-7H2,1-2H3. The zero-order valence-corrected chi connectivity index (χ0v) is 7.97. The zero-order valence-electron chi connectivity index (χ0n) is 7.08. The van der Waals surface area contributed by atoms with Crippen LogP contribution in [0.15, 0.2) is 0 Å². The van der Waals surface area contributed by atoms with Crippen LogP contribution in [0, 0.1) is 0 Å². The highest BCUT2D eigenvalue weighted by atomic mass is 31.2. The molecule has 5 heteroatoms. The van der Waals surface area contributed by atoms with Gasteiger partial charge in [0.2, 0.25) is 0 Å². The fraction of sp³-hybridized carbons (Fsp3) is 1.00. The molecule has 11 heavy (non-hydrogen) atoms. The molecule has 0 unspecified atom stereocenters. The van der Waals surface area contributed by atoms with Crippen LogP contribution in [-0.2, 0) is 13.6 Å². The van der Waals surface area contributed by atoms with Crippen LogP contribution in [0.2, 0.25) is 0 Å². The molecule has 0 radical (unpaired) electrons.